The first kappa shape index (κ1) is 20.1. The van der Waals surface area contributed by atoms with Crippen molar-refractivity contribution in [3.05, 3.63) is 42.0 Å². The van der Waals surface area contributed by atoms with Crippen LogP contribution in [-0.2, 0) is 9.53 Å². The highest BCUT2D eigenvalue weighted by molar-refractivity contribution is 6.01. The standard InChI is InChI=1S/C21H25N5O4/c27-18(16-12-17(24-13-16)19(28)25-8-1-2-9-25)14-30-20(29)15-4-10-26(11-5-15)21-22-6-3-7-23-21/h3,6-7,12-13,15,24H,1-2,4-5,8-11,14H2. The molecule has 0 saturated carbocycles. The van der Waals surface area contributed by atoms with Crippen molar-refractivity contribution in [3.63, 3.8) is 0 Å². The monoisotopic (exact) mass is 411 g/mol. The largest absolute Gasteiger partial charge is 0.457 e. The van der Waals surface area contributed by atoms with Crippen LogP contribution in [0, 0.1) is 5.92 Å². The molecule has 0 radical (unpaired) electrons. The van der Waals surface area contributed by atoms with E-state index in [1.54, 1.807) is 23.4 Å². The van der Waals surface area contributed by atoms with Gasteiger partial charge in [0.15, 0.2) is 6.61 Å². The molecule has 2 aromatic heterocycles. The van der Waals surface area contributed by atoms with Crippen LogP contribution in [0.2, 0.25) is 0 Å². The van der Waals surface area contributed by atoms with Gasteiger partial charge in [0, 0.05) is 50.3 Å². The van der Waals surface area contributed by atoms with Gasteiger partial charge in [0.25, 0.3) is 5.91 Å². The molecule has 30 heavy (non-hydrogen) atoms. The van der Waals surface area contributed by atoms with Crippen molar-refractivity contribution in [2.24, 2.45) is 5.92 Å². The fraction of sp³-hybridized carbons (Fsp3) is 0.476. The zero-order valence-electron chi connectivity index (χ0n) is 16.7. The molecule has 0 spiro atoms. The summed E-state index contributed by atoms with van der Waals surface area (Å²) in [7, 11) is 0. The van der Waals surface area contributed by atoms with Crippen LogP contribution in [0.4, 0.5) is 5.95 Å². The smallest absolute Gasteiger partial charge is 0.309 e. The SMILES string of the molecule is O=C(COC(=O)C1CCN(c2ncccn2)CC1)c1c[nH]c(C(=O)N2CCCC2)c1. The van der Waals surface area contributed by atoms with Gasteiger partial charge in [0.05, 0.1) is 5.92 Å². The summed E-state index contributed by atoms with van der Waals surface area (Å²) in [5.41, 5.74) is 0.739. The Morgan fingerprint density at radius 1 is 1.07 bits per heavy atom. The van der Waals surface area contributed by atoms with E-state index in [9.17, 15) is 14.4 Å². The molecule has 9 heteroatoms. The second-order valence-electron chi connectivity index (χ2n) is 7.64. The van der Waals surface area contributed by atoms with Crippen LogP contribution in [-0.4, -0.2) is 70.3 Å². The molecule has 0 bridgehead atoms. The molecule has 1 N–H and O–H groups in total. The number of esters is 1. The number of piperidine rings is 1. The Kier molecular flexibility index (Phi) is 6.06. The summed E-state index contributed by atoms with van der Waals surface area (Å²) in [6.45, 7) is 2.49. The summed E-state index contributed by atoms with van der Waals surface area (Å²) in [6, 6.07) is 3.30. The van der Waals surface area contributed by atoms with E-state index in [1.807, 2.05) is 4.90 Å². The number of anilines is 1. The number of aromatic amines is 1. The number of rotatable bonds is 6. The van der Waals surface area contributed by atoms with Crippen LogP contribution in [0.1, 0.15) is 46.5 Å². The van der Waals surface area contributed by atoms with E-state index in [4.69, 9.17) is 4.74 Å². The van der Waals surface area contributed by atoms with Gasteiger partial charge >= 0.3 is 5.97 Å². The molecule has 0 atom stereocenters. The lowest BCUT2D eigenvalue weighted by molar-refractivity contribution is -0.148. The molecule has 0 aliphatic carbocycles. The van der Waals surface area contributed by atoms with Crippen LogP contribution in [0.3, 0.4) is 0 Å². The lowest BCUT2D eigenvalue weighted by Gasteiger charge is -2.30. The van der Waals surface area contributed by atoms with Crippen molar-refractivity contribution < 1.29 is 19.1 Å². The molecular formula is C21H25N5O4. The molecule has 2 aromatic rings. The second-order valence-corrected chi connectivity index (χ2v) is 7.64. The number of aromatic nitrogens is 3. The number of Topliss-reactive ketones (excluding diaryl/α,β-unsaturated/α-hetero) is 1. The van der Waals surface area contributed by atoms with Crippen molar-refractivity contribution in [1.29, 1.82) is 0 Å². The Labute approximate surface area is 174 Å². The summed E-state index contributed by atoms with van der Waals surface area (Å²) < 4.78 is 5.26. The van der Waals surface area contributed by atoms with Crippen LogP contribution in [0.25, 0.3) is 0 Å². The third kappa shape index (κ3) is 4.50. The van der Waals surface area contributed by atoms with Crippen LogP contribution in [0.5, 0.6) is 0 Å². The van der Waals surface area contributed by atoms with Crippen LogP contribution < -0.4 is 4.90 Å². The van der Waals surface area contributed by atoms with E-state index in [0.29, 0.717) is 43.1 Å². The Morgan fingerprint density at radius 2 is 1.77 bits per heavy atom. The maximum Gasteiger partial charge on any atom is 0.309 e. The number of nitrogens with zero attached hydrogens (tertiary/aromatic N) is 4. The lowest BCUT2D eigenvalue weighted by Crippen LogP contribution is -2.38. The van der Waals surface area contributed by atoms with E-state index in [0.717, 1.165) is 25.9 Å². The number of nitrogens with one attached hydrogen (secondary N) is 1. The van der Waals surface area contributed by atoms with Gasteiger partial charge in [-0.25, -0.2) is 9.97 Å². The van der Waals surface area contributed by atoms with Gasteiger partial charge in [-0.1, -0.05) is 0 Å². The molecule has 2 aliphatic heterocycles. The van der Waals surface area contributed by atoms with E-state index in [-0.39, 0.29) is 30.2 Å². The summed E-state index contributed by atoms with van der Waals surface area (Å²) in [5.74, 6) is -0.365. The molecule has 0 aromatic carbocycles. The highest BCUT2D eigenvalue weighted by atomic mass is 16.5. The molecule has 9 nitrogen and oxygen atoms in total. The average Bonchev–Trinajstić information content (AvgIpc) is 3.50. The zero-order valence-corrected chi connectivity index (χ0v) is 16.7. The molecule has 2 fully saturated rings. The molecule has 4 heterocycles. The summed E-state index contributed by atoms with van der Waals surface area (Å²) in [5, 5.41) is 0. The van der Waals surface area contributed by atoms with Gasteiger partial charge in [-0.05, 0) is 37.8 Å². The fourth-order valence-electron chi connectivity index (χ4n) is 3.88. The predicted molar refractivity (Wildman–Crippen MR) is 108 cm³/mol. The summed E-state index contributed by atoms with van der Waals surface area (Å²) in [4.78, 5) is 52.2. The Morgan fingerprint density at radius 3 is 2.47 bits per heavy atom. The quantitative estimate of drug-likeness (QED) is 0.569. The number of amides is 1. The number of likely N-dealkylation sites (tertiary alicyclic amines) is 1. The van der Waals surface area contributed by atoms with Gasteiger partial charge < -0.3 is 19.5 Å². The molecule has 2 saturated heterocycles. The summed E-state index contributed by atoms with van der Waals surface area (Å²) in [6.07, 6.45) is 8.15. The minimum atomic E-state index is -0.360. The molecule has 1 amide bonds. The van der Waals surface area contributed by atoms with Crippen molar-refractivity contribution >= 4 is 23.6 Å². The van der Waals surface area contributed by atoms with Gasteiger partial charge in [-0.2, -0.15) is 0 Å². The maximum absolute atomic E-state index is 12.4. The van der Waals surface area contributed by atoms with Crippen LogP contribution in [0.15, 0.2) is 30.7 Å². The van der Waals surface area contributed by atoms with Crippen molar-refractivity contribution in [2.45, 2.75) is 25.7 Å². The van der Waals surface area contributed by atoms with Crippen molar-refractivity contribution in [3.8, 4) is 0 Å². The van der Waals surface area contributed by atoms with Crippen molar-refractivity contribution in [1.82, 2.24) is 19.9 Å². The number of ketones is 1. The third-order valence-corrected chi connectivity index (χ3v) is 5.64. The molecular weight excluding hydrogens is 386 g/mol. The van der Waals surface area contributed by atoms with E-state index >= 15 is 0 Å². The molecule has 0 unspecified atom stereocenters. The fourth-order valence-corrected chi connectivity index (χ4v) is 3.88. The molecule has 2 aliphatic rings. The number of H-pyrrole nitrogens is 1. The Balaban J connectivity index is 1.24. The predicted octanol–water partition coefficient (Wildman–Crippen LogP) is 1.68. The maximum atomic E-state index is 12.4. The first-order chi connectivity index (χ1) is 14.6. The minimum Gasteiger partial charge on any atom is -0.457 e. The van der Waals surface area contributed by atoms with Gasteiger partial charge in [-0.15, -0.1) is 0 Å². The normalized spacial score (nSPS) is 17.2. The first-order valence-electron chi connectivity index (χ1n) is 10.3. The number of carbonyl (C=O) groups excluding carboxylic acids is 3. The zero-order chi connectivity index (χ0) is 20.9. The Bertz CT molecular complexity index is 899. The number of hydrogen-bond donors (Lipinski definition) is 1. The van der Waals surface area contributed by atoms with Gasteiger partial charge in [-0.3, -0.25) is 14.4 Å². The average molecular weight is 411 g/mol. The molecule has 4 rings (SSSR count). The van der Waals surface area contributed by atoms with E-state index in [1.165, 1.54) is 12.3 Å². The first-order valence-corrected chi connectivity index (χ1v) is 10.3. The highest BCUT2D eigenvalue weighted by Crippen LogP contribution is 2.21. The second kappa shape index (κ2) is 9.06. The Hall–Kier alpha value is -3.23. The minimum absolute atomic E-state index is 0.0994. The number of carbonyl (C=O) groups is 3. The molecule has 158 valence electrons. The van der Waals surface area contributed by atoms with E-state index in [2.05, 4.69) is 15.0 Å². The van der Waals surface area contributed by atoms with Gasteiger partial charge in [0.1, 0.15) is 5.69 Å². The lowest BCUT2D eigenvalue weighted by atomic mass is 9.97. The van der Waals surface area contributed by atoms with Crippen molar-refractivity contribution in [2.75, 3.05) is 37.7 Å². The summed E-state index contributed by atoms with van der Waals surface area (Å²) >= 11 is 0. The van der Waals surface area contributed by atoms with Gasteiger partial charge in [0.2, 0.25) is 11.7 Å². The number of ether oxygens (including phenoxy) is 1. The topological polar surface area (TPSA) is 108 Å². The van der Waals surface area contributed by atoms with E-state index < -0.39 is 0 Å². The highest BCUT2D eigenvalue weighted by Gasteiger charge is 2.28. The van der Waals surface area contributed by atoms with Crippen LogP contribution >= 0.6 is 0 Å². The number of hydrogen-bond acceptors (Lipinski definition) is 7. The third-order valence-electron chi connectivity index (χ3n) is 5.64.